The molecule has 2 N–H and O–H groups in total. The van der Waals surface area contributed by atoms with Crippen LogP contribution in [0.3, 0.4) is 0 Å². The minimum atomic E-state index is -0.247. The van der Waals surface area contributed by atoms with Crippen LogP contribution in [0, 0.1) is 0 Å². The number of hydrogen-bond donors (Lipinski definition) is 2. The SMILES string of the molecule is CCCC(=O)c1noc(-c2cc(Cl)c(O)cc2O)c1-c1ccc(CN2CCOCC2)cc1. The Bertz CT molecular complexity index is 1100. The Labute approximate surface area is 191 Å². The van der Waals surface area contributed by atoms with Crippen molar-refractivity contribution >= 4 is 17.4 Å². The van der Waals surface area contributed by atoms with Crippen LogP contribution < -0.4 is 0 Å². The van der Waals surface area contributed by atoms with Crippen LogP contribution in [0.2, 0.25) is 5.02 Å². The molecule has 168 valence electrons. The highest BCUT2D eigenvalue weighted by Gasteiger charge is 2.26. The zero-order valence-corrected chi connectivity index (χ0v) is 18.6. The van der Waals surface area contributed by atoms with Crippen molar-refractivity contribution in [3.63, 3.8) is 0 Å². The van der Waals surface area contributed by atoms with Gasteiger partial charge >= 0.3 is 0 Å². The Balaban J connectivity index is 1.73. The van der Waals surface area contributed by atoms with Crippen molar-refractivity contribution in [2.75, 3.05) is 26.3 Å². The first kappa shape index (κ1) is 22.3. The van der Waals surface area contributed by atoms with Crippen molar-refractivity contribution in [3.8, 4) is 33.9 Å². The molecule has 3 aromatic rings. The zero-order valence-electron chi connectivity index (χ0n) is 17.8. The Kier molecular flexibility index (Phi) is 6.79. The molecule has 0 spiro atoms. The highest BCUT2D eigenvalue weighted by Crippen LogP contribution is 2.43. The summed E-state index contributed by atoms with van der Waals surface area (Å²) in [5.74, 6) is -0.379. The predicted molar refractivity (Wildman–Crippen MR) is 121 cm³/mol. The van der Waals surface area contributed by atoms with Gasteiger partial charge in [-0.1, -0.05) is 47.9 Å². The molecule has 0 unspecified atom stereocenters. The predicted octanol–water partition coefficient (Wildman–Crippen LogP) is 4.89. The third kappa shape index (κ3) is 4.65. The Morgan fingerprint density at radius 1 is 1.12 bits per heavy atom. The van der Waals surface area contributed by atoms with Crippen LogP contribution in [0.15, 0.2) is 40.9 Å². The largest absolute Gasteiger partial charge is 0.507 e. The number of ether oxygens (including phenoxy) is 1. The van der Waals surface area contributed by atoms with E-state index in [1.54, 1.807) is 0 Å². The topological polar surface area (TPSA) is 96.0 Å². The highest BCUT2D eigenvalue weighted by atomic mass is 35.5. The first-order valence-electron chi connectivity index (χ1n) is 10.6. The van der Waals surface area contributed by atoms with E-state index in [9.17, 15) is 15.0 Å². The molecular weight excluding hydrogens is 432 g/mol. The summed E-state index contributed by atoms with van der Waals surface area (Å²) in [5, 5.41) is 24.3. The molecule has 1 saturated heterocycles. The van der Waals surface area contributed by atoms with Crippen molar-refractivity contribution in [1.82, 2.24) is 10.1 Å². The number of hydrogen-bond acceptors (Lipinski definition) is 7. The van der Waals surface area contributed by atoms with E-state index >= 15 is 0 Å². The average molecular weight is 457 g/mol. The van der Waals surface area contributed by atoms with Gasteiger partial charge in [0.2, 0.25) is 0 Å². The van der Waals surface area contributed by atoms with Crippen LogP contribution in [0.5, 0.6) is 11.5 Å². The number of Topliss-reactive ketones (excluding diaryl/α,β-unsaturated/α-hetero) is 1. The second-order valence-electron chi connectivity index (χ2n) is 7.81. The molecule has 1 aliphatic rings. The number of carbonyl (C=O) groups excluding carboxylic acids is 1. The van der Waals surface area contributed by atoms with E-state index in [1.807, 2.05) is 31.2 Å². The maximum atomic E-state index is 12.7. The summed E-state index contributed by atoms with van der Waals surface area (Å²) >= 11 is 6.06. The molecule has 4 rings (SSSR count). The van der Waals surface area contributed by atoms with Crippen molar-refractivity contribution < 1.29 is 24.3 Å². The number of carbonyl (C=O) groups is 1. The molecule has 0 radical (unpaired) electrons. The van der Waals surface area contributed by atoms with Gasteiger partial charge in [0, 0.05) is 32.1 Å². The Morgan fingerprint density at radius 3 is 2.53 bits per heavy atom. The number of rotatable bonds is 7. The van der Waals surface area contributed by atoms with Gasteiger partial charge < -0.3 is 19.5 Å². The molecule has 8 heteroatoms. The van der Waals surface area contributed by atoms with E-state index in [2.05, 4.69) is 10.1 Å². The van der Waals surface area contributed by atoms with Gasteiger partial charge in [-0.2, -0.15) is 0 Å². The van der Waals surface area contributed by atoms with E-state index in [1.165, 1.54) is 6.07 Å². The molecule has 1 aliphatic heterocycles. The number of ketones is 1. The van der Waals surface area contributed by atoms with E-state index in [0.717, 1.165) is 50.0 Å². The number of phenols is 2. The summed E-state index contributed by atoms with van der Waals surface area (Å²) in [6, 6.07) is 10.4. The number of aromatic hydroxyl groups is 2. The molecule has 0 saturated carbocycles. The second-order valence-corrected chi connectivity index (χ2v) is 8.22. The van der Waals surface area contributed by atoms with Gasteiger partial charge in [-0.3, -0.25) is 9.69 Å². The Morgan fingerprint density at radius 2 is 1.84 bits per heavy atom. The molecule has 0 atom stereocenters. The fourth-order valence-corrected chi connectivity index (χ4v) is 3.97. The van der Waals surface area contributed by atoms with Gasteiger partial charge in [-0.05, 0) is 23.6 Å². The maximum Gasteiger partial charge on any atom is 0.185 e. The smallest absolute Gasteiger partial charge is 0.185 e. The number of phenolic OH excluding ortho intramolecular Hbond substituents is 2. The first-order chi connectivity index (χ1) is 15.5. The molecule has 1 aromatic heterocycles. The maximum absolute atomic E-state index is 12.7. The van der Waals surface area contributed by atoms with Crippen molar-refractivity contribution in [2.24, 2.45) is 0 Å². The van der Waals surface area contributed by atoms with Gasteiger partial charge in [0.15, 0.2) is 17.2 Å². The molecule has 1 fully saturated rings. The van der Waals surface area contributed by atoms with Crippen LogP contribution >= 0.6 is 11.6 Å². The number of aromatic nitrogens is 1. The van der Waals surface area contributed by atoms with Crippen LogP contribution in [0.25, 0.3) is 22.5 Å². The van der Waals surface area contributed by atoms with Gasteiger partial charge in [0.25, 0.3) is 0 Å². The molecule has 7 nitrogen and oxygen atoms in total. The molecule has 0 aliphatic carbocycles. The highest BCUT2D eigenvalue weighted by molar-refractivity contribution is 6.32. The molecular formula is C24H25ClN2O5. The van der Waals surface area contributed by atoms with Crippen molar-refractivity contribution in [2.45, 2.75) is 26.3 Å². The summed E-state index contributed by atoms with van der Waals surface area (Å²) in [5.41, 5.74) is 2.86. The van der Waals surface area contributed by atoms with Gasteiger partial charge in [-0.25, -0.2) is 0 Å². The zero-order chi connectivity index (χ0) is 22.7. The molecule has 0 bridgehead atoms. The average Bonchev–Trinajstić information content (AvgIpc) is 3.23. The summed E-state index contributed by atoms with van der Waals surface area (Å²) in [4.78, 5) is 15.1. The summed E-state index contributed by atoms with van der Waals surface area (Å²) < 4.78 is 10.9. The van der Waals surface area contributed by atoms with Gasteiger partial charge in [0.05, 0.1) is 29.4 Å². The Hall–Kier alpha value is -2.87. The number of halogens is 1. The lowest BCUT2D eigenvalue weighted by molar-refractivity contribution is 0.0342. The summed E-state index contributed by atoms with van der Waals surface area (Å²) in [6.07, 6.45) is 1.01. The fraction of sp³-hybridized carbons (Fsp3) is 0.333. The lowest BCUT2D eigenvalue weighted by Gasteiger charge is -2.26. The van der Waals surface area contributed by atoms with Gasteiger partial charge in [-0.15, -0.1) is 0 Å². The lowest BCUT2D eigenvalue weighted by atomic mass is 9.95. The monoisotopic (exact) mass is 456 g/mol. The van der Waals surface area contributed by atoms with Crippen LogP contribution in [0.1, 0.15) is 35.8 Å². The lowest BCUT2D eigenvalue weighted by Crippen LogP contribution is -2.35. The summed E-state index contributed by atoms with van der Waals surface area (Å²) in [7, 11) is 0. The van der Waals surface area contributed by atoms with Crippen molar-refractivity contribution in [1.29, 1.82) is 0 Å². The summed E-state index contributed by atoms with van der Waals surface area (Å²) in [6.45, 7) is 6.01. The fourth-order valence-electron chi connectivity index (χ4n) is 3.80. The third-order valence-electron chi connectivity index (χ3n) is 5.50. The van der Waals surface area contributed by atoms with Crippen LogP contribution in [-0.4, -0.2) is 52.4 Å². The van der Waals surface area contributed by atoms with Crippen LogP contribution in [0.4, 0.5) is 0 Å². The van der Waals surface area contributed by atoms with Crippen molar-refractivity contribution in [3.05, 3.63) is 52.7 Å². The molecule has 0 amide bonds. The number of morpholine rings is 1. The molecule has 32 heavy (non-hydrogen) atoms. The minimum absolute atomic E-state index is 0.0578. The normalized spacial score (nSPS) is 14.6. The third-order valence-corrected chi connectivity index (χ3v) is 5.80. The number of nitrogens with zero attached hydrogens (tertiary/aromatic N) is 2. The second kappa shape index (κ2) is 9.73. The van der Waals surface area contributed by atoms with E-state index < -0.39 is 0 Å². The number of benzene rings is 2. The van der Waals surface area contributed by atoms with E-state index in [0.29, 0.717) is 18.4 Å². The molecule has 2 heterocycles. The van der Waals surface area contributed by atoms with E-state index in [-0.39, 0.29) is 39.3 Å². The van der Waals surface area contributed by atoms with Gasteiger partial charge in [0.1, 0.15) is 11.5 Å². The first-order valence-corrected chi connectivity index (χ1v) is 11.0. The molecule has 2 aromatic carbocycles. The van der Waals surface area contributed by atoms with Crippen LogP contribution in [-0.2, 0) is 11.3 Å². The standard InChI is InChI=1S/C24H25ClN2O5/c1-2-3-19(28)23-22(24(32-26-23)17-12-18(25)21(30)13-20(17)29)16-6-4-15(5-7-16)14-27-8-10-31-11-9-27/h4-7,12-13,29-30H,2-3,8-11,14H2,1H3. The minimum Gasteiger partial charge on any atom is -0.507 e. The van der Waals surface area contributed by atoms with E-state index in [4.69, 9.17) is 20.9 Å². The quantitative estimate of drug-likeness (QED) is 0.488.